The lowest BCUT2D eigenvalue weighted by Gasteiger charge is -2.32. The van der Waals surface area contributed by atoms with E-state index in [1.165, 1.54) is 45.2 Å². The van der Waals surface area contributed by atoms with Crippen LogP contribution in [0.25, 0.3) is 0 Å². The van der Waals surface area contributed by atoms with Crippen LogP contribution in [0, 0.1) is 5.92 Å². The molecule has 108 valence electrons. The van der Waals surface area contributed by atoms with E-state index in [-0.39, 0.29) is 5.54 Å². The van der Waals surface area contributed by atoms with Crippen molar-refractivity contribution in [1.29, 1.82) is 0 Å². The highest BCUT2D eigenvalue weighted by molar-refractivity contribution is 4.78. The molecule has 1 N–H and O–H groups in total. The zero-order valence-electron chi connectivity index (χ0n) is 13.3. The molecule has 1 aliphatic rings. The minimum atomic E-state index is 0.247. The third-order valence-corrected chi connectivity index (χ3v) is 4.00. The smallest absolute Gasteiger partial charge is 0.00966 e. The molecule has 0 saturated carbocycles. The number of hydrogen-bond donors (Lipinski definition) is 1. The molecule has 0 radical (unpaired) electrons. The van der Waals surface area contributed by atoms with E-state index >= 15 is 0 Å². The summed E-state index contributed by atoms with van der Waals surface area (Å²) in [5.74, 6) is 0.747. The molecule has 18 heavy (non-hydrogen) atoms. The Kier molecular flexibility index (Phi) is 6.65. The molecule has 0 amide bonds. The van der Waals surface area contributed by atoms with Crippen LogP contribution in [0.15, 0.2) is 0 Å². The second-order valence-corrected chi connectivity index (χ2v) is 7.14. The van der Waals surface area contributed by atoms with Gasteiger partial charge in [0.1, 0.15) is 0 Å². The van der Waals surface area contributed by atoms with Crippen LogP contribution in [0.4, 0.5) is 0 Å². The molecular weight excluding hydrogens is 220 g/mol. The third kappa shape index (κ3) is 6.19. The van der Waals surface area contributed by atoms with E-state index in [1.54, 1.807) is 0 Å². The largest absolute Gasteiger partial charge is 0.312 e. The molecule has 2 atom stereocenters. The molecule has 1 heterocycles. The lowest BCUT2D eigenvalue weighted by molar-refractivity contribution is 0.165. The Labute approximate surface area is 115 Å². The Morgan fingerprint density at radius 3 is 2.56 bits per heavy atom. The summed E-state index contributed by atoms with van der Waals surface area (Å²) in [5.41, 5.74) is 0.247. The van der Waals surface area contributed by atoms with E-state index in [0.29, 0.717) is 0 Å². The van der Waals surface area contributed by atoms with Crippen LogP contribution in [0.3, 0.4) is 0 Å². The maximum atomic E-state index is 3.63. The summed E-state index contributed by atoms with van der Waals surface area (Å²) in [4.78, 5) is 2.75. The first-order chi connectivity index (χ1) is 8.42. The molecule has 0 bridgehead atoms. The van der Waals surface area contributed by atoms with Gasteiger partial charge >= 0.3 is 0 Å². The normalized spacial score (nSPS) is 24.8. The van der Waals surface area contributed by atoms with Crippen molar-refractivity contribution in [3.05, 3.63) is 0 Å². The van der Waals surface area contributed by atoms with Gasteiger partial charge in [0.15, 0.2) is 0 Å². The van der Waals surface area contributed by atoms with Crippen molar-refractivity contribution >= 4 is 0 Å². The first-order valence-electron chi connectivity index (χ1n) is 7.91. The van der Waals surface area contributed by atoms with Crippen LogP contribution >= 0.6 is 0 Å². The van der Waals surface area contributed by atoms with Gasteiger partial charge in [-0.25, -0.2) is 0 Å². The average Bonchev–Trinajstić information content (AvgIpc) is 2.50. The fraction of sp³-hybridized carbons (Fsp3) is 1.00. The van der Waals surface area contributed by atoms with Crippen molar-refractivity contribution in [2.45, 2.75) is 78.3 Å². The van der Waals surface area contributed by atoms with E-state index in [9.17, 15) is 0 Å². The van der Waals surface area contributed by atoms with Crippen molar-refractivity contribution < 1.29 is 0 Å². The molecule has 0 aromatic rings. The zero-order chi connectivity index (χ0) is 13.6. The third-order valence-electron chi connectivity index (χ3n) is 4.00. The first kappa shape index (κ1) is 16.0. The molecule has 2 nitrogen and oxygen atoms in total. The lowest BCUT2D eigenvalue weighted by atomic mass is 10.0. The Bertz CT molecular complexity index is 220. The van der Waals surface area contributed by atoms with Crippen LogP contribution in [-0.2, 0) is 0 Å². The van der Waals surface area contributed by atoms with Gasteiger partial charge in [0.2, 0.25) is 0 Å². The second kappa shape index (κ2) is 7.49. The van der Waals surface area contributed by atoms with E-state index in [1.807, 2.05) is 0 Å². The summed E-state index contributed by atoms with van der Waals surface area (Å²) in [6.07, 6.45) is 7.00. The number of nitrogens with one attached hydrogen (secondary N) is 1. The van der Waals surface area contributed by atoms with Crippen LogP contribution in [0.2, 0.25) is 0 Å². The monoisotopic (exact) mass is 254 g/mol. The van der Waals surface area contributed by atoms with Gasteiger partial charge in [-0.15, -0.1) is 0 Å². The van der Waals surface area contributed by atoms with E-state index in [0.717, 1.165) is 18.5 Å². The summed E-state index contributed by atoms with van der Waals surface area (Å²) in [7, 11) is 0. The molecule has 0 aliphatic carbocycles. The molecule has 2 unspecified atom stereocenters. The molecule has 0 aromatic carbocycles. The van der Waals surface area contributed by atoms with E-state index in [4.69, 9.17) is 0 Å². The zero-order valence-corrected chi connectivity index (χ0v) is 13.3. The minimum absolute atomic E-state index is 0.247. The van der Waals surface area contributed by atoms with Gasteiger partial charge in [0, 0.05) is 18.1 Å². The van der Waals surface area contributed by atoms with Gasteiger partial charge in [0.25, 0.3) is 0 Å². The van der Waals surface area contributed by atoms with Crippen molar-refractivity contribution in [2.24, 2.45) is 5.92 Å². The van der Waals surface area contributed by atoms with E-state index < -0.39 is 0 Å². The topological polar surface area (TPSA) is 15.3 Å². The quantitative estimate of drug-likeness (QED) is 0.805. The SMILES string of the molecule is CCC1CCCCCN1CC(C)CNC(C)(C)C. The first-order valence-corrected chi connectivity index (χ1v) is 7.91. The van der Waals surface area contributed by atoms with Gasteiger partial charge in [-0.3, -0.25) is 0 Å². The minimum Gasteiger partial charge on any atom is -0.312 e. The Hall–Kier alpha value is -0.0800. The maximum absolute atomic E-state index is 3.63. The molecule has 0 aromatic heterocycles. The van der Waals surface area contributed by atoms with Gasteiger partial charge < -0.3 is 10.2 Å². The molecule has 1 fully saturated rings. The number of hydrogen-bond acceptors (Lipinski definition) is 2. The highest BCUT2D eigenvalue weighted by Crippen LogP contribution is 2.20. The van der Waals surface area contributed by atoms with Crippen LogP contribution in [0.1, 0.15) is 66.7 Å². The van der Waals surface area contributed by atoms with Crippen LogP contribution in [0.5, 0.6) is 0 Å². The number of rotatable bonds is 5. The highest BCUT2D eigenvalue weighted by atomic mass is 15.2. The average molecular weight is 254 g/mol. The molecule has 1 saturated heterocycles. The van der Waals surface area contributed by atoms with Crippen LogP contribution in [-0.4, -0.2) is 36.1 Å². The fourth-order valence-electron chi connectivity index (χ4n) is 2.88. The summed E-state index contributed by atoms with van der Waals surface area (Å²) in [6, 6.07) is 0.838. The standard InChI is InChI=1S/C16H34N2/c1-6-15-10-8-7-9-11-18(15)13-14(2)12-17-16(3,4)5/h14-15,17H,6-13H2,1-5H3. The Balaban J connectivity index is 2.38. The predicted molar refractivity (Wildman–Crippen MR) is 81.0 cm³/mol. The van der Waals surface area contributed by atoms with Gasteiger partial charge in [-0.05, 0) is 59.0 Å². The second-order valence-electron chi connectivity index (χ2n) is 7.14. The highest BCUT2D eigenvalue weighted by Gasteiger charge is 2.21. The van der Waals surface area contributed by atoms with Crippen molar-refractivity contribution in [3.8, 4) is 0 Å². The lowest BCUT2D eigenvalue weighted by Crippen LogP contribution is -2.43. The van der Waals surface area contributed by atoms with Crippen molar-refractivity contribution in [1.82, 2.24) is 10.2 Å². The van der Waals surface area contributed by atoms with Gasteiger partial charge in [-0.2, -0.15) is 0 Å². The summed E-state index contributed by atoms with van der Waals surface area (Å²) in [6.45, 7) is 15.2. The summed E-state index contributed by atoms with van der Waals surface area (Å²) < 4.78 is 0. The molecule has 0 spiro atoms. The van der Waals surface area contributed by atoms with Crippen molar-refractivity contribution in [3.63, 3.8) is 0 Å². The Morgan fingerprint density at radius 2 is 1.94 bits per heavy atom. The van der Waals surface area contributed by atoms with Crippen LogP contribution < -0.4 is 5.32 Å². The van der Waals surface area contributed by atoms with Gasteiger partial charge in [0.05, 0.1) is 0 Å². The van der Waals surface area contributed by atoms with Crippen molar-refractivity contribution in [2.75, 3.05) is 19.6 Å². The Morgan fingerprint density at radius 1 is 1.22 bits per heavy atom. The number of nitrogens with zero attached hydrogens (tertiary/aromatic N) is 1. The molecule has 2 heteroatoms. The molecule has 1 aliphatic heterocycles. The summed E-state index contributed by atoms with van der Waals surface area (Å²) >= 11 is 0. The maximum Gasteiger partial charge on any atom is 0.00966 e. The fourth-order valence-corrected chi connectivity index (χ4v) is 2.88. The van der Waals surface area contributed by atoms with E-state index in [2.05, 4.69) is 44.8 Å². The molecule has 1 rings (SSSR count). The predicted octanol–water partition coefficient (Wildman–Crippen LogP) is 3.67. The molecular formula is C16H34N2. The summed E-state index contributed by atoms with van der Waals surface area (Å²) in [5, 5.41) is 3.63. The van der Waals surface area contributed by atoms with Gasteiger partial charge in [-0.1, -0.05) is 26.7 Å². The number of likely N-dealkylation sites (tertiary alicyclic amines) is 1.